The fourth-order valence-electron chi connectivity index (χ4n) is 3.62. The standard InChI is InChI=1S/C15H27NO3/c17-14(8-11-4-1-2-5-11)10-16-13-7-3-6-12(9-13)15(18)19/h11-14,16-17H,1-10H2,(H,18,19). The van der Waals surface area contributed by atoms with Gasteiger partial charge in [-0.2, -0.15) is 0 Å². The van der Waals surface area contributed by atoms with Crippen molar-refractivity contribution >= 4 is 5.97 Å². The number of rotatable bonds is 6. The third-order valence-corrected chi connectivity index (χ3v) is 4.75. The quantitative estimate of drug-likeness (QED) is 0.691. The van der Waals surface area contributed by atoms with E-state index in [0.29, 0.717) is 18.9 Å². The molecule has 0 heterocycles. The van der Waals surface area contributed by atoms with E-state index in [4.69, 9.17) is 5.11 Å². The number of carboxylic acid groups (broad SMARTS) is 1. The molecule has 3 atom stereocenters. The molecule has 2 aliphatic carbocycles. The number of aliphatic hydroxyl groups is 1. The van der Waals surface area contributed by atoms with Crippen molar-refractivity contribution in [3.8, 4) is 0 Å². The fraction of sp³-hybridized carbons (Fsp3) is 0.933. The second kappa shape index (κ2) is 7.25. The van der Waals surface area contributed by atoms with Crippen molar-refractivity contribution in [3.63, 3.8) is 0 Å². The van der Waals surface area contributed by atoms with Crippen molar-refractivity contribution in [3.05, 3.63) is 0 Å². The molecule has 2 fully saturated rings. The summed E-state index contributed by atoms with van der Waals surface area (Å²) in [6, 6.07) is 0.271. The zero-order valence-corrected chi connectivity index (χ0v) is 11.7. The van der Waals surface area contributed by atoms with Crippen molar-refractivity contribution < 1.29 is 15.0 Å². The smallest absolute Gasteiger partial charge is 0.306 e. The first-order valence-electron chi connectivity index (χ1n) is 7.79. The van der Waals surface area contributed by atoms with E-state index in [9.17, 15) is 9.90 Å². The molecule has 0 saturated heterocycles. The van der Waals surface area contributed by atoms with Gasteiger partial charge in [0.15, 0.2) is 0 Å². The number of aliphatic carboxylic acids is 1. The number of hydrogen-bond acceptors (Lipinski definition) is 3. The zero-order chi connectivity index (χ0) is 13.7. The Morgan fingerprint density at radius 3 is 2.58 bits per heavy atom. The molecule has 0 amide bonds. The van der Waals surface area contributed by atoms with Gasteiger partial charge < -0.3 is 15.5 Å². The van der Waals surface area contributed by atoms with Crippen LogP contribution in [0.15, 0.2) is 0 Å². The van der Waals surface area contributed by atoms with Crippen molar-refractivity contribution in [2.24, 2.45) is 11.8 Å². The molecule has 110 valence electrons. The highest BCUT2D eigenvalue weighted by molar-refractivity contribution is 5.70. The predicted octanol–water partition coefficient (Wildman–Crippen LogP) is 2.16. The second-order valence-corrected chi connectivity index (χ2v) is 6.35. The molecule has 3 N–H and O–H groups in total. The molecule has 0 aliphatic heterocycles. The van der Waals surface area contributed by atoms with Gasteiger partial charge in [0.25, 0.3) is 0 Å². The average Bonchev–Trinajstić information content (AvgIpc) is 2.89. The first-order chi connectivity index (χ1) is 9.15. The van der Waals surface area contributed by atoms with E-state index >= 15 is 0 Å². The number of nitrogens with one attached hydrogen (secondary N) is 1. The van der Waals surface area contributed by atoms with Crippen LogP contribution in [0.1, 0.15) is 57.8 Å². The van der Waals surface area contributed by atoms with Crippen LogP contribution in [0, 0.1) is 11.8 Å². The van der Waals surface area contributed by atoms with Crippen LogP contribution in [0.25, 0.3) is 0 Å². The largest absolute Gasteiger partial charge is 0.481 e. The normalized spacial score (nSPS) is 30.4. The summed E-state index contributed by atoms with van der Waals surface area (Å²) in [7, 11) is 0. The fourth-order valence-corrected chi connectivity index (χ4v) is 3.62. The number of carbonyl (C=O) groups is 1. The Labute approximate surface area is 115 Å². The summed E-state index contributed by atoms with van der Waals surface area (Å²) in [4.78, 5) is 11.0. The maximum atomic E-state index is 11.0. The second-order valence-electron chi connectivity index (χ2n) is 6.35. The molecule has 0 aromatic rings. The highest BCUT2D eigenvalue weighted by Crippen LogP contribution is 2.29. The molecule has 2 aliphatic rings. The van der Waals surface area contributed by atoms with Gasteiger partial charge in [-0.05, 0) is 31.6 Å². The molecule has 19 heavy (non-hydrogen) atoms. The first kappa shape index (κ1) is 14.8. The van der Waals surface area contributed by atoms with Crippen LogP contribution >= 0.6 is 0 Å². The topological polar surface area (TPSA) is 69.6 Å². The molecule has 2 saturated carbocycles. The van der Waals surface area contributed by atoms with Crippen molar-refractivity contribution in [1.82, 2.24) is 5.32 Å². The molecular formula is C15H27NO3. The Bertz CT molecular complexity index is 289. The van der Waals surface area contributed by atoms with Gasteiger partial charge in [-0.25, -0.2) is 0 Å². The van der Waals surface area contributed by atoms with Crippen molar-refractivity contribution in [1.29, 1.82) is 0 Å². The number of aliphatic hydroxyl groups excluding tert-OH is 1. The lowest BCUT2D eigenvalue weighted by Crippen LogP contribution is -2.40. The summed E-state index contributed by atoms with van der Waals surface area (Å²) in [5.74, 6) is -0.161. The monoisotopic (exact) mass is 269 g/mol. The van der Waals surface area contributed by atoms with Crippen molar-refractivity contribution in [2.45, 2.75) is 69.9 Å². The van der Waals surface area contributed by atoms with Crippen LogP contribution in [-0.2, 0) is 4.79 Å². The average molecular weight is 269 g/mol. The van der Waals surface area contributed by atoms with Crippen LogP contribution in [0.3, 0.4) is 0 Å². The molecular weight excluding hydrogens is 242 g/mol. The number of carboxylic acids is 1. The maximum Gasteiger partial charge on any atom is 0.306 e. The van der Waals surface area contributed by atoms with Crippen LogP contribution in [0.2, 0.25) is 0 Å². The van der Waals surface area contributed by atoms with E-state index in [2.05, 4.69) is 5.32 Å². The molecule has 0 aromatic carbocycles. The minimum absolute atomic E-state index is 0.196. The lowest BCUT2D eigenvalue weighted by Gasteiger charge is -2.28. The van der Waals surface area contributed by atoms with Crippen LogP contribution in [0.5, 0.6) is 0 Å². The van der Waals surface area contributed by atoms with Crippen LogP contribution in [0.4, 0.5) is 0 Å². The van der Waals surface area contributed by atoms with Gasteiger partial charge >= 0.3 is 5.97 Å². The molecule has 0 bridgehead atoms. The van der Waals surface area contributed by atoms with E-state index in [1.54, 1.807) is 0 Å². The SMILES string of the molecule is O=C(O)C1CCCC(NCC(O)CC2CCCC2)C1. The van der Waals surface area contributed by atoms with E-state index < -0.39 is 5.97 Å². The van der Waals surface area contributed by atoms with Gasteiger partial charge in [0, 0.05) is 12.6 Å². The summed E-state index contributed by atoms with van der Waals surface area (Å²) in [6.45, 7) is 0.619. The Morgan fingerprint density at radius 1 is 1.16 bits per heavy atom. The molecule has 4 heteroatoms. The summed E-state index contributed by atoms with van der Waals surface area (Å²) in [5.41, 5.74) is 0. The lowest BCUT2D eigenvalue weighted by atomic mass is 9.85. The van der Waals surface area contributed by atoms with Gasteiger partial charge in [0.1, 0.15) is 0 Å². The first-order valence-corrected chi connectivity index (χ1v) is 7.79. The van der Waals surface area contributed by atoms with Gasteiger partial charge in [0.2, 0.25) is 0 Å². The van der Waals surface area contributed by atoms with Crippen LogP contribution < -0.4 is 5.32 Å². The summed E-state index contributed by atoms with van der Waals surface area (Å²) in [6.07, 6.45) is 9.33. The Hall–Kier alpha value is -0.610. The molecule has 0 aromatic heterocycles. The van der Waals surface area contributed by atoms with E-state index in [1.807, 2.05) is 0 Å². The zero-order valence-electron chi connectivity index (χ0n) is 11.7. The molecule has 0 radical (unpaired) electrons. The molecule has 3 unspecified atom stereocenters. The van der Waals surface area contributed by atoms with Crippen LogP contribution in [-0.4, -0.2) is 34.9 Å². The minimum Gasteiger partial charge on any atom is -0.481 e. The van der Waals surface area contributed by atoms with Gasteiger partial charge in [0.05, 0.1) is 12.0 Å². The van der Waals surface area contributed by atoms with Crippen molar-refractivity contribution in [2.75, 3.05) is 6.54 Å². The Balaban J connectivity index is 1.65. The minimum atomic E-state index is -0.669. The van der Waals surface area contributed by atoms with Gasteiger partial charge in [-0.3, -0.25) is 4.79 Å². The third kappa shape index (κ3) is 4.77. The van der Waals surface area contributed by atoms with E-state index in [-0.39, 0.29) is 18.1 Å². The highest BCUT2D eigenvalue weighted by atomic mass is 16.4. The Morgan fingerprint density at radius 2 is 1.89 bits per heavy atom. The summed E-state index contributed by atoms with van der Waals surface area (Å²) < 4.78 is 0. The Kier molecular flexibility index (Phi) is 5.64. The predicted molar refractivity (Wildman–Crippen MR) is 74.0 cm³/mol. The number of hydrogen-bond donors (Lipinski definition) is 3. The van der Waals surface area contributed by atoms with E-state index in [0.717, 1.165) is 25.7 Å². The lowest BCUT2D eigenvalue weighted by molar-refractivity contribution is -0.143. The molecule has 2 rings (SSSR count). The summed E-state index contributed by atoms with van der Waals surface area (Å²) >= 11 is 0. The van der Waals surface area contributed by atoms with Gasteiger partial charge in [-0.15, -0.1) is 0 Å². The van der Waals surface area contributed by atoms with E-state index in [1.165, 1.54) is 25.7 Å². The highest BCUT2D eigenvalue weighted by Gasteiger charge is 2.27. The van der Waals surface area contributed by atoms with Gasteiger partial charge in [-0.1, -0.05) is 32.1 Å². The maximum absolute atomic E-state index is 11.0. The third-order valence-electron chi connectivity index (χ3n) is 4.75. The summed E-state index contributed by atoms with van der Waals surface area (Å²) in [5, 5.41) is 22.4. The molecule has 4 nitrogen and oxygen atoms in total. The molecule has 0 spiro atoms.